The van der Waals surface area contributed by atoms with E-state index in [1.54, 1.807) is 0 Å². The first-order valence-corrected chi connectivity index (χ1v) is 6.79. The van der Waals surface area contributed by atoms with Gasteiger partial charge in [-0.05, 0) is 44.0 Å². The van der Waals surface area contributed by atoms with Crippen molar-refractivity contribution >= 4 is 15.9 Å². The van der Waals surface area contributed by atoms with Crippen molar-refractivity contribution in [1.82, 2.24) is 5.32 Å². The van der Waals surface area contributed by atoms with Crippen molar-refractivity contribution in [2.75, 3.05) is 13.1 Å². The second kappa shape index (κ2) is 7.64. The minimum atomic E-state index is 0.218. The Kier molecular flexibility index (Phi) is 6.48. The SMILES string of the molecule is C/C=C/CCNC(CN)c1ccc(C)cc1Br. The molecule has 0 aliphatic carbocycles. The van der Waals surface area contributed by atoms with E-state index in [-0.39, 0.29) is 6.04 Å². The third kappa shape index (κ3) is 4.62. The van der Waals surface area contributed by atoms with Crippen LogP contribution in [0.4, 0.5) is 0 Å². The molecule has 1 unspecified atom stereocenters. The van der Waals surface area contributed by atoms with E-state index < -0.39 is 0 Å². The Hall–Kier alpha value is -0.640. The molecule has 0 aliphatic rings. The van der Waals surface area contributed by atoms with E-state index in [1.165, 1.54) is 11.1 Å². The number of hydrogen-bond donors (Lipinski definition) is 2. The number of halogens is 1. The first-order chi connectivity index (χ1) is 8.19. The lowest BCUT2D eigenvalue weighted by atomic mass is 10.1. The van der Waals surface area contributed by atoms with Crippen LogP contribution < -0.4 is 11.1 Å². The van der Waals surface area contributed by atoms with E-state index in [4.69, 9.17) is 5.73 Å². The summed E-state index contributed by atoms with van der Waals surface area (Å²) in [5.41, 5.74) is 8.31. The highest BCUT2D eigenvalue weighted by Gasteiger charge is 2.11. The number of aryl methyl sites for hydroxylation is 1. The molecule has 94 valence electrons. The standard InChI is InChI=1S/C14H21BrN2/c1-3-4-5-8-17-14(10-16)12-7-6-11(2)9-13(12)15/h3-4,6-7,9,14,17H,5,8,10,16H2,1-2H3/b4-3+. The van der Waals surface area contributed by atoms with Crippen molar-refractivity contribution < 1.29 is 0 Å². The predicted molar refractivity (Wildman–Crippen MR) is 78.1 cm³/mol. The van der Waals surface area contributed by atoms with E-state index >= 15 is 0 Å². The van der Waals surface area contributed by atoms with Crippen molar-refractivity contribution in [3.8, 4) is 0 Å². The summed E-state index contributed by atoms with van der Waals surface area (Å²) in [6.07, 6.45) is 5.27. The van der Waals surface area contributed by atoms with Crippen LogP contribution in [0.1, 0.15) is 30.5 Å². The summed E-state index contributed by atoms with van der Waals surface area (Å²) in [6, 6.07) is 6.61. The Labute approximate surface area is 112 Å². The van der Waals surface area contributed by atoms with Gasteiger partial charge in [0.25, 0.3) is 0 Å². The maximum atomic E-state index is 5.83. The Bertz CT molecular complexity index is 374. The second-order valence-corrected chi connectivity index (χ2v) is 4.98. The number of nitrogens with two attached hydrogens (primary N) is 1. The van der Waals surface area contributed by atoms with Crippen molar-refractivity contribution in [1.29, 1.82) is 0 Å². The Morgan fingerprint density at radius 3 is 2.82 bits per heavy atom. The van der Waals surface area contributed by atoms with Crippen LogP contribution in [0.3, 0.4) is 0 Å². The Morgan fingerprint density at radius 1 is 1.47 bits per heavy atom. The molecule has 3 heteroatoms. The van der Waals surface area contributed by atoms with Crippen molar-refractivity contribution in [3.05, 3.63) is 46.0 Å². The largest absolute Gasteiger partial charge is 0.329 e. The molecule has 1 aromatic carbocycles. The first-order valence-electron chi connectivity index (χ1n) is 5.99. The fourth-order valence-electron chi connectivity index (χ4n) is 1.74. The predicted octanol–water partition coefficient (Wildman–Crippen LogP) is 3.31. The molecule has 0 radical (unpaired) electrons. The summed E-state index contributed by atoms with van der Waals surface area (Å²) in [5.74, 6) is 0. The molecule has 2 nitrogen and oxygen atoms in total. The molecule has 0 bridgehead atoms. The molecular weight excluding hydrogens is 276 g/mol. The monoisotopic (exact) mass is 296 g/mol. The summed E-state index contributed by atoms with van der Waals surface area (Å²) in [6.45, 7) is 5.69. The molecule has 0 saturated heterocycles. The summed E-state index contributed by atoms with van der Waals surface area (Å²) in [4.78, 5) is 0. The Morgan fingerprint density at radius 2 is 2.24 bits per heavy atom. The van der Waals surface area contributed by atoms with Crippen molar-refractivity contribution in [2.24, 2.45) is 5.73 Å². The lowest BCUT2D eigenvalue weighted by Crippen LogP contribution is -2.29. The summed E-state index contributed by atoms with van der Waals surface area (Å²) in [5, 5.41) is 3.47. The van der Waals surface area contributed by atoms with Crippen LogP contribution in [0.2, 0.25) is 0 Å². The van der Waals surface area contributed by atoms with Crippen LogP contribution in [0, 0.1) is 6.92 Å². The molecule has 17 heavy (non-hydrogen) atoms. The molecule has 0 aromatic heterocycles. The highest BCUT2D eigenvalue weighted by Crippen LogP contribution is 2.24. The molecule has 0 saturated carbocycles. The molecule has 1 rings (SSSR count). The van der Waals surface area contributed by atoms with Gasteiger partial charge in [-0.15, -0.1) is 0 Å². The van der Waals surface area contributed by atoms with Gasteiger partial charge in [-0.1, -0.05) is 40.2 Å². The zero-order chi connectivity index (χ0) is 12.7. The zero-order valence-corrected chi connectivity index (χ0v) is 12.1. The van der Waals surface area contributed by atoms with Gasteiger partial charge in [-0.2, -0.15) is 0 Å². The fourth-order valence-corrected chi connectivity index (χ4v) is 2.51. The van der Waals surface area contributed by atoms with Crippen LogP contribution in [-0.4, -0.2) is 13.1 Å². The first kappa shape index (κ1) is 14.4. The van der Waals surface area contributed by atoms with Gasteiger partial charge in [-0.25, -0.2) is 0 Å². The third-order valence-corrected chi connectivity index (χ3v) is 3.39. The van der Waals surface area contributed by atoms with Crippen molar-refractivity contribution in [2.45, 2.75) is 26.3 Å². The summed E-state index contributed by atoms with van der Waals surface area (Å²) >= 11 is 3.60. The van der Waals surface area contributed by atoms with Crippen LogP contribution in [0.5, 0.6) is 0 Å². The van der Waals surface area contributed by atoms with E-state index in [0.29, 0.717) is 6.54 Å². The topological polar surface area (TPSA) is 38.0 Å². The normalized spacial score (nSPS) is 13.2. The third-order valence-electron chi connectivity index (χ3n) is 2.70. The number of benzene rings is 1. The quantitative estimate of drug-likeness (QED) is 0.624. The highest BCUT2D eigenvalue weighted by molar-refractivity contribution is 9.10. The average Bonchev–Trinajstić information content (AvgIpc) is 2.31. The van der Waals surface area contributed by atoms with Gasteiger partial charge in [0.2, 0.25) is 0 Å². The molecule has 3 N–H and O–H groups in total. The lowest BCUT2D eigenvalue weighted by molar-refractivity contribution is 0.546. The maximum Gasteiger partial charge on any atom is 0.0455 e. The number of hydrogen-bond acceptors (Lipinski definition) is 2. The lowest BCUT2D eigenvalue weighted by Gasteiger charge is -2.18. The molecular formula is C14H21BrN2. The molecule has 0 aliphatic heterocycles. The van der Waals surface area contributed by atoms with E-state index in [0.717, 1.165) is 17.4 Å². The minimum Gasteiger partial charge on any atom is -0.329 e. The fraction of sp³-hybridized carbons (Fsp3) is 0.429. The van der Waals surface area contributed by atoms with Gasteiger partial charge >= 0.3 is 0 Å². The summed E-state index contributed by atoms with van der Waals surface area (Å²) < 4.78 is 1.13. The highest BCUT2D eigenvalue weighted by atomic mass is 79.9. The number of allylic oxidation sites excluding steroid dienone is 1. The van der Waals surface area contributed by atoms with Crippen molar-refractivity contribution in [3.63, 3.8) is 0 Å². The van der Waals surface area contributed by atoms with Gasteiger partial charge in [0.05, 0.1) is 0 Å². The van der Waals surface area contributed by atoms with Crippen LogP contribution in [-0.2, 0) is 0 Å². The zero-order valence-electron chi connectivity index (χ0n) is 10.5. The van der Waals surface area contributed by atoms with E-state index in [1.807, 2.05) is 6.92 Å². The molecule has 0 fully saturated rings. The van der Waals surface area contributed by atoms with Gasteiger partial charge < -0.3 is 11.1 Å². The van der Waals surface area contributed by atoms with Crippen LogP contribution >= 0.6 is 15.9 Å². The smallest absolute Gasteiger partial charge is 0.0455 e. The van der Waals surface area contributed by atoms with E-state index in [9.17, 15) is 0 Å². The maximum absolute atomic E-state index is 5.83. The molecule has 0 amide bonds. The Balaban J connectivity index is 2.65. The number of nitrogens with one attached hydrogen (secondary N) is 1. The number of rotatable bonds is 6. The minimum absolute atomic E-state index is 0.218. The summed E-state index contributed by atoms with van der Waals surface area (Å²) in [7, 11) is 0. The van der Waals surface area contributed by atoms with Gasteiger partial charge in [0.15, 0.2) is 0 Å². The average molecular weight is 297 g/mol. The van der Waals surface area contributed by atoms with Gasteiger partial charge in [-0.3, -0.25) is 0 Å². The molecule has 0 heterocycles. The molecule has 0 spiro atoms. The van der Waals surface area contributed by atoms with E-state index in [2.05, 4.69) is 58.5 Å². The second-order valence-electron chi connectivity index (χ2n) is 4.13. The van der Waals surface area contributed by atoms with Gasteiger partial charge in [0.1, 0.15) is 0 Å². The van der Waals surface area contributed by atoms with Crippen LogP contribution in [0.15, 0.2) is 34.8 Å². The molecule has 1 aromatic rings. The van der Waals surface area contributed by atoms with Gasteiger partial charge in [0, 0.05) is 17.1 Å². The molecule has 1 atom stereocenters. The van der Waals surface area contributed by atoms with Crippen LogP contribution in [0.25, 0.3) is 0 Å².